The Labute approximate surface area is 62.1 Å². The van der Waals surface area contributed by atoms with Crippen molar-refractivity contribution in [3.05, 3.63) is 12.7 Å². The van der Waals surface area contributed by atoms with E-state index in [2.05, 4.69) is 12.6 Å². The topological polar surface area (TPSA) is 33.0 Å². The third kappa shape index (κ3) is 7.19. The second-order valence-electron chi connectivity index (χ2n) is 1.95. The molecule has 0 unspecified atom stereocenters. The molecule has 0 aliphatic carbocycles. The first-order chi connectivity index (χ1) is 4.91. The van der Waals surface area contributed by atoms with Gasteiger partial charge in [0, 0.05) is 19.6 Å². The number of ether oxygens (including phenoxy) is 1. The Kier molecular flexibility index (Phi) is 7.53. The zero-order chi connectivity index (χ0) is 7.66. The highest BCUT2D eigenvalue weighted by molar-refractivity contribution is 4.68. The molecule has 0 aliphatic heterocycles. The Morgan fingerprint density at radius 2 is 2.30 bits per heavy atom. The fourth-order valence-electron chi connectivity index (χ4n) is 0.522. The summed E-state index contributed by atoms with van der Waals surface area (Å²) in [6.45, 7) is 4.99. The van der Waals surface area contributed by atoms with E-state index in [0.29, 0.717) is 13.0 Å². The van der Waals surface area contributed by atoms with E-state index in [0.717, 1.165) is 19.4 Å². The smallest absolute Gasteiger partial charge is 0.0622 e. The highest BCUT2D eigenvalue weighted by Crippen LogP contribution is 1.89. The largest absolute Gasteiger partial charge is 0.381 e. The van der Waals surface area contributed by atoms with Crippen molar-refractivity contribution in [1.82, 2.24) is 0 Å². The number of nitriles is 1. The molecule has 0 aromatic heterocycles. The number of rotatable bonds is 6. The van der Waals surface area contributed by atoms with E-state index >= 15 is 0 Å². The van der Waals surface area contributed by atoms with Crippen molar-refractivity contribution >= 4 is 0 Å². The average molecular weight is 139 g/mol. The third-order valence-corrected chi connectivity index (χ3v) is 1.04. The number of unbranched alkanes of at least 4 members (excludes halogenated alkanes) is 1. The molecule has 0 spiro atoms. The molecule has 0 bridgehead atoms. The Balaban J connectivity index is 2.78. The maximum absolute atomic E-state index is 8.15. The van der Waals surface area contributed by atoms with Crippen LogP contribution in [-0.2, 0) is 4.74 Å². The van der Waals surface area contributed by atoms with Gasteiger partial charge in [-0.05, 0) is 12.8 Å². The summed E-state index contributed by atoms with van der Waals surface area (Å²) in [6.07, 6.45) is 4.15. The lowest BCUT2D eigenvalue weighted by Gasteiger charge is -1.97. The molecule has 2 nitrogen and oxygen atoms in total. The second-order valence-corrected chi connectivity index (χ2v) is 1.95. The highest BCUT2D eigenvalue weighted by atomic mass is 16.5. The maximum Gasteiger partial charge on any atom is 0.0622 e. The first-order valence-corrected chi connectivity index (χ1v) is 3.47. The Morgan fingerprint density at radius 3 is 2.90 bits per heavy atom. The summed E-state index contributed by atoms with van der Waals surface area (Å²) in [5.74, 6) is 0. The Morgan fingerprint density at radius 1 is 1.50 bits per heavy atom. The summed E-state index contributed by atoms with van der Waals surface area (Å²) in [5.41, 5.74) is 0. The Bertz CT molecular complexity index is 115. The van der Waals surface area contributed by atoms with Crippen LogP contribution in [-0.4, -0.2) is 13.2 Å². The molecule has 0 rings (SSSR count). The van der Waals surface area contributed by atoms with Crippen LogP contribution >= 0.6 is 0 Å². The zero-order valence-electron chi connectivity index (χ0n) is 6.18. The van der Waals surface area contributed by atoms with E-state index < -0.39 is 0 Å². The molecule has 0 fully saturated rings. The van der Waals surface area contributed by atoms with Gasteiger partial charge in [-0.1, -0.05) is 6.08 Å². The normalized spacial score (nSPS) is 8.70. The van der Waals surface area contributed by atoms with Crippen LogP contribution in [0.3, 0.4) is 0 Å². The number of nitrogens with zero attached hydrogens (tertiary/aromatic N) is 1. The fraction of sp³-hybridized carbons (Fsp3) is 0.625. The molecule has 0 saturated heterocycles. The van der Waals surface area contributed by atoms with Gasteiger partial charge in [0.05, 0.1) is 6.07 Å². The molecule has 0 aromatic carbocycles. The van der Waals surface area contributed by atoms with Crippen LogP contribution in [0, 0.1) is 11.3 Å². The molecule has 0 N–H and O–H groups in total. The van der Waals surface area contributed by atoms with Gasteiger partial charge in [-0.2, -0.15) is 5.26 Å². The van der Waals surface area contributed by atoms with Crippen LogP contribution in [0.4, 0.5) is 0 Å². The molecule has 0 saturated carbocycles. The van der Waals surface area contributed by atoms with Gasteiger partial charge in [0.15, 0.2) is 0 Å². The molecule has 2 heteroatoms. The zero-order valence-corrected chi connectivity index (χ0v) is 6.18. The molecule has 56 valence electrons. The lowest BCUT2D eigenvalue weighted by molar-refractivity contribution is 0.137. The van der Waals surface area contributed by atoms with Crippen LogP contribution in [0.1, 0.15) is 19.3 Å². The minimum Gasteiger partial charge on any atom is -0.381 e. The van der Waals surface area contributed by atoms with Gasteiger partial charge < -0.3 is 4.74 Å². The fourth-order valence-corrected chi connectivity index (χ4v) is 0.522. The predicted molar refractivity (Wildman–Crippen MR) is 40.5 cm³/mol. The first kappa shape index (κ1) is 9.19. The monoisotopic (exact) mass is 139 g/mol. The standard InChI is InChI=1S/C8H13NO/c1-2-3-7-10-8-5-4-6-9/h2H,1,3-5,7-8H2. The number of hydrogen-bond donors (Lipinski definition) is 0. The maximum atomic E-state index is 8.15. The molecular formula is C8H13NO. The summed E-state index contributed by atoms with van der Waals surface area (Å²) in [5, 5.41) is 8.15. The molecule has 0 atom stereocenters. The lowest BCUT2D eigenvalue weighted by Crippen LogP contribution is -1.94. The third-order valence-electron chi connectivity index (χ3n) is 1.04. The van der Waals surface area contributed by atoms with E-state index in [1.165, 1.54) is 0 Å². The molecule has 0 aliphatic rings. The van der Waals surface area contributed by atoms with E-state index in [1.54, 1.807) is 0 Å². The van der Waals surface area contributed by atoms with Crippen molar-refractivity contribution in [1.29, 1.82) is 5.26 Å². The van der Waals surface area contributed by atoms with Crippen LogP contribution < -0.4 is 0 Å². The highest BCUT2D eigenvalue weighted by Gasteiger charge is 1.85. The van der Waals surface area contributed by atoms with Crippen molar-refractivity contribution in [2.75, 3.05) is 13.2 Å². The van der Waals surface area contributed by atoms with E-state index in [-0.39, 0.29) is 0 Å². The molecule has 0 aromatic rings. The Hall–Kier alpha value is -0.810. The van der Waals surface area contributed by atoms with Crippen LogP contribution in [0.15, 0.2) is 12.7 Å². The van der Waals surface area contributed by atoms with E-state index in [4.69, 9.17) is 10.00 Å². The van der Waals surface area contributed by atoms with Crippen molar-refractivity contribution in [3.63, 3.8) is 0 Å². The van der Waals surface area contributed by atoms with Gasteiger partial charge >= 0.3 is 0 Å². The van der Waals surface area contributed by atoms with Crippen molar-refractivity contribution in [2.24, 2.45) is 0 Å². The summed E-state index contributed by atoms with van der Waals surface area (Å²) in [4.78, 5) is 0. The van der Waals surface area contributed by atoms with Crippen molar-refractivity contribution in [3.8, 4) is 6.07 Å². The van der Waals surface area contributed by atoms with Crippen molar-refractivity contribution in [2.45, 2.75) is 19.3 Å². The molecule has 0 heterocycles. The van der Waals surface area contributed by atoms with Gasteiger partial charge in [-0.15, -0.1) is 6.58 Å². The quantitative estimate of drug-likeness (QED) is 0.416. The summed E-state index contributed by atoms with van der Waals surface area (Å²) >= 11 is 0. The SMILES string of the molecule is C=CCCOCCCC#N. The molecular weight excluding hydrogens is 126 g/mol. The number of hydrogen-bond acceptors (Lipinski definition) is 2. The summed E-state index contributed by atoms with van der Waals surface area (Å²) in [7, 11) is 0. The van der Waals surface area contributed by atoms with Crippen LogP contribution in [0.5, 0.6) is 0 Å². The van der Waals surface area contributed by atoms with Gasteiger partial charge in [0.1, 0.15) is 0 Å². The predicted octanol–water partition coefficient (Wildman–Crippen LogP) is 1.88. The molecule has 0 amide bonds. The minimum absolute atomic E-state index is 0.591. The van der Waals surface area contributed by atoms with Gasteiger partial charge in [0.2, 0.25) is 0 Å². The summed E-state index contributed by atoms with van der Waals surface area (Å²) in [6, 6.07) is 2.06. The molecule has 10 heavy (non-hydrogen) atoms. The van der Waals surface area contributed by atoms with Crippen LogP contribution in [0.25, 0.3) is 0 Å². The minimum atomic E-state index is 0.591. The van der Waals surface area contributed by atoms with Gasteiger partial charge in [-0.3, -0.25) is 0 Å². The van der Waals surface area contributed by atoms with Gasteiger partial charge in [0.25, 0.3) is 0 Å². The van der Waals surface area contributed by atoms with Crippen LogP contribution in [0.2, 0.25) is 0 Å². The van der Waals surface area contributed by atoms with Gasteiger partial charge in [-0.25, -0.2) is 0 Å². The van der Waals surface area contributed by atoms with Crippen molar-refractivity contribution < 1.29 is 4.74 Å². The van der Waals surface area contributed by atoms with E-state index in [1.807, 2.05) is 6.08 Å². The lowest BCUT2D eigenvalue weighted by atomic mass is 10.3. The first-order valence-electron chi connectivity index (χ1n) is 3.47. The van der Waals surface area contributed by atoms with E-state index in [9.17, 15) is 0 Å². The summed E-state index contributed by atoms with van der Waals surface area (Å²) < 4.78 is 5.15. The molecule has 0 radical (unpaired) electrons. The second kappa shape index (κ2) is 8.19. The average Bonchev–Trinajstić information content (AvgIpc) is 1.97.